The molecule has 1 amide bonds. The first-order valence-corrected chi connectivity index (χ1v) is 5.88. The second-order valence-electron chi connectivity index (χ2n) is 4.73. The van der Waals surface area contributed by atoms with Gasteiger partial charge in [-0.05, 0) is 31.0 Å². The Hall–Kier alpha value is -1.72. The molecule has 3 nitrogen and oxygen atoms in total. The van der Waals surface area contributed by atoms with Crippen molar-refractivity contribution in [3.8, 4) is 5.75 Å². The summed E-state index contributed by atoms with van der Waals surface area (Å²) in [5, 5.41) is 0. The Morgan fingerprint density at radius 1 is 1.32 bits per heavy atom. The predicted molar refractivity (Wildman–Crippen MR) is 63.1 cm³/mol. The smallest absolute Gasteiger partial charge is 0.419 e. The van der Waals surface area contributed by atoms with Crippen molar-refractivity contribution in [2.75, 3.05) is 14.1 Å². The summed E-state index contributed by atoms with van der Waals surface area (Å²) in [7, 11) is 3.09. The zero-order valence-corrected chi connectivity index (χ0v) is 10.6. The van der Waals surface area contributed by atoms with Crippen LogP contribution in [0.3, 0.4) is 0 Å². The van der Waals surface area contributed by atoms with Crippen LogP contribution in [0.4, 0.5) is 13.2 Å². The van der Waals surface area contributed by atoms with Crippen molar-refractivity contribution in [2.24, 2.45) is 0 Å². The molecule has 1 aromatic rings. The average molecular weight is 273 g/mol. The molecule has 1 aliphatic carbocycles. The molecule has 0 N–H and O–H groups in total. The molecule has 2 rings (SSSR count). The normalized spacial score (nSPS) is 15.2. The largest absolute Gasteiger partial charge is 0.490 e. The monoisotopic (exact) mass is 273 g/mol. The quantitative estimate of drug-likeness (QED) is 0.847. The van der Waals surface area contributed by atoms with Crippen LogP contribution in [-0.4, -0.2) is 31.0 Å². The zero-order chi connectivity index (χ0) is 14.2. The number of nitrogens with zero attached hydrogens (tertiary/aromatic N) is 1. The highest BCUT2D eigenvalue weighted by Gasteiger charge is 2.36. The van der Waals surface area contributed by atoms with Gasteiger partial charge in [-0.2, -0.15) is 13.2 Å². The van der Waals surface area contributed by atoms with Crippen LogP contribution >= 0.6 is 0 Å². The summed E-state index contributed by atoms with van der Waals surface area (Å²) in [5.74, 6) is -0.614. The minimum atomic E-state index is -4.48. The maximum atomic E-state index is 12.8. The van der Waals surface area contributed by atoms with Gasteiger partial charge in [0, 0.05) is 19.7 Å². The van der Waals surface area contributed by atoms with Crippen molar-refractivity contribution in [2.45, 2.75) is 25.1 Å². The van der Waals surface area contributed by atoms with E-state index in [1.807, 2.05) is 0 Å². The summed E-state index contributed by atoms with van der Waals surface area (Å²) >= 11 is 0. The molecular weight excluding hydrogens is 259 g/mol. The van der Waals surface area contributed by atoms with E-state index in [-0.39, 0.29) is 23.3 Å². The number of amides is 1. The molecule has 1 aromatic carbocycles. The van der Waals surface area contributed by atoms with E-state index in [0.717, 1.165) is 18.9 Å². The Balaban J connectivity index is 2.37. The lowest BCUT2D eigenvalue weighted by molar-refractivity contribution is -0.139. The van der Waals surface area contributed by atoms with Gasteiger partial charge >= 0.3 is 6.18 Å². The molecule has 0 bridgehead atoms. The topological polar surface area (TPSA) is 29.5 Å². The van der Waals surface area contributed by atoms with Gasteiger partial charge in [-0.25, -0.2) is 0 Å². The number of halogens is 3. The van der Waals surface area contributed by atoms with Crippen LogP contribution in [0.2, 0.25) is 0 Å². The van der Waals surface area contributed by atoms with Gasteiger partial charge in [0.25, 0.3) is 5.91 Å². The Bertz CT molecular complexity index is 493. The first-order chi connectivity index (χ1) is 8.79. The minimum absolute atomic E-state index is 0.161. The molecule has 1 fully saturated rings. The lowest BCUT2D eigenvalue weighted by Crippen LogP contribution is -2.22. The van der Waals surface area contributed by atoms with Gasteiger partial charge < -0.3 is 9.64 Å². The van der Waals surface area contributed by atoms with Crippen molar-refractivity contribution in [3.63, 3.8) is 0 Å². The first-order valence-electron chi connectivity index (χ1n) is 5.88. The number of alkyl halides is 3. The van der Waals surface area contributed by atoms with Crippen LogP contribution < -0.4 is 4.74 Å². The third kappa shape index (κ3) is 3.19. The lowest BCUT2D eigenvalue weighted by Gasteiger charge is -2.16. The Morgan fingerprint density at radius 3 is 2.42 bits per heavy atom. The number of ether oxygens (including phenoxy) is 1. The molecule has 6 heteroatoms. The summed E-state index contributed by atoms with van der Waals surface area (Å²) in [6.07, 6.45) is -3.14. The van der Waals surface area contributed by atoms with Crippen molar-refractivity contribution in [1.82, 2.24) is 4.90 Å². The molecule has 0 saturated heterocycles. The number of rotatable bonds is 3. The summed E-state index contributed by atoms with van der Waals surface area (Å²) < 4.78 is 43.8. The van der Waals surface area contributed by atoms with Crippen LogP contribution in [0.5, 0.6) is 5.75 Å². The van der Waals surface area contributed by atoms with Crippen LogP contribution in [0.15, 0.2) is 18.2 Å². The number of carbonyl (C=O) groups is 1. The molecule has 0 unspecified atom stereocenters. The van der Waals surface area contributed by atoms with Gasteiger partial charge in [0.1, 0.15) is 5.75 Å². The molecule has 0 aromatic heterocycles. The third-order valence-electron chi connectivity index (χ3n) is 2.76. The summed E-state index contributed by atoms with van der Waals surface area (Å²) in [4.78, 5) is 13.1. The van der Waals surface area contributed by atoms with Crippen LogP contribution in [0, 0.1) is 0 Å². The van der Waals surface area contributed by atoms with E-state index in [9.17, 15) is 18.0 Å². The number of hydrogen-bond donors (Lipinski definition) is 0. The molecular formula is C13H14F3NO2. The molecule has 0 heterocycles. The van der Waals surface area contributed by atoms with E-state index in [1.54, 1.807) is 14.1 Å². The summed E-state index contributed by atoms with van der Waals surface area (Å²) in [5.41, 5.74) is -0.650. The second kappa shape index (κ2) is 4.75. The SMILES string of the molecule is CN(C)C(=O)c1ccc(C(F)(F)F)c(OC2CC2)c1. The van der Waals surface area contributed by atoms with Gasteiger partial charge in [0.2, 0.25) is 0 Å². The van der Waals surface area contributed by atoms with Gasteiger partial charge in [0.15, 0.2) is 0 Å². The van der Waals surface area contributed by atoms with E-state index >= 15 is 0 Å². The van der Waals surface area contributed by atoms with E-state index in [1.165, 1.54) is 17.0 Å². The highest BCUT2D eigenvalue weighted by atomic mass is 19.4. The van der Waals surface area contributed by atoms with Crippen LogP contribution in [0.1, 0.15) is 28.8 Å². The predicted octanol–water partition coefficient (Wildman–Crippen LogP) is 2.95. The molecule has 1 saturated carbocycles. The maximum absolute atomic E-state index is 12.8. The Labute approximate surface area is 109 Å². The van der Waals surface area contributed by atoms with Crippen LogP contribution in [-0.2, 0) is 6.18 Å². The molecule has 1 aliphatic rings. The molecule has 0 aliphatic heterocycles. The number of hydrogen-bond acceptors (Lipinski definition) is 2. The van der Waals surface area contributed by atoms with E-state index < -0.39 is 11.7 Å². The molecule has 0 spiro atoms. The van der Waals surface area contributed by atoms with Crippen molar-refractivity contribution >= 4 is 5.91 Å². The summed E-state index contributed by atoms with van der Waals surface area (Å²) in [6, 6.07) is 3.24. The van der Waals surface area contributed by atoms with Crippen molar-refractivity contribution < 1.29 is 22.7 Å². The first kappa shape index (κ1) is 13.7. The van der Waals surface area contributed by atoms with E-state index in [0.29, 0.717) is 0 Å². The van der Waals surface area contributed by atoms with Crippen molar-refractivity contribution in [1.29, 1.82) is 0 Å². The van der Waals surface area contributed by atoms with Gasteiger partial charge in [-0.1, -0.05) is 0 Å². The highest BCUT2D eigenvalue weighted by molar-refractivity contribution is 5.94. The van der Waals surface area contributed by atoms with E-state index in [4.69, 9.17) is 4.74 Å². The zero-order valence-electron chi connectivity index (χ0n) is 10.6. The van der Waals surface area contributed by atoms with E-state index in [2.05, 4.69) is 0 Å². The highest BCUT2D eigenvalue weighted by Crippen LogP contribution is 2.39. The fourth-order valence-electron chi connectivity index (χ4n) is 1.61. The maximum Gasteiger partial charge on any atom is 0.419 e. The van der Waals surface area contributed by atoms with Crippen LogP contribution in [0.25, 0.3) is 0 Å². The fourth-order valence-corrected chi connectivity index (χ4v) is 1.61. The second-order valence-corrected chi connectivity index (χ2v) is 4.73. The van der Waals surface area contributed by atoms with Gasteiger partial charge in [0.05, 0.1) is 11.7 Å². The lowest BCUT2D eigenvalue weighted by atomic mass is 10.1. The Kier molecular flexibility index (Phi) is 3.43. The number of benzene rings is 1. The molecule has 19 heavy (non-hydrogen) atoms. The van der Waals surface area contributed by atoms with Gasteiger partial charge in [-0.3, -0.25) is 4.79 Å². The molecule has 0 radical (unpaired) electrons. The molecule has 104 valence electrons. The number of carbonyl (C=O) groups excluding carboxylic acids is 1. The Morgan fingerprint density at radius 2 is 1.95 bits per heavy atom. The van der Waals surface area contributed by atoms with Gasteiger partial charge in [-0.15, -0.1) is 0 Å². The molecule has 0 atom stereocenters. The fraction of sp³-hybridized carbons (Fsp3) is 0.462. The third-order valence-corrected chi connectivity index (χ3v) is 2.76. The van der Waals surface area contributed by atoms with Crippen molar-refractivity contribution in [3.05, 3.63) is 29.3 Å². The standard InChI is InChI=1S/C13H14F3NO2/c1-17(2)12(18)8-3-6-10(13(14,15)16)11(7-8)19-9-4-5-9/h3,6-7,9H,4-5H2,1-2H3. The summed E-state index contributed by atoms with van der Waals surface area (Å²) in [6.45, 7) is 0. The average Bonchev–Trinajstić information content (AvgIpc) is 3.10. The minimum Gasteiger partial charge on any atom is -0.490 e.